The average molecular weight is 552 g/mol. The maximum absolute atomic E-state index is 14.0. The molecule has 0 aliphatic rings. The minimum atomic E-state index is -4.10. The third-order valence-corrected chi connectivity index (χ3v) is 8.45. The second-order valence-electron chi connectivity index (χ2n) is 9.22. The summed E-state index contributed by atoms with van der Waals surface area (Å²) in [5, 5.41) is 2.64. The van der Waals surface area contributed by atoms with Gasteiger partial charge in [-0.25, -0.2) is 8.42 Å². The first-order valence-corrected chi connectivity index (χ1v) is 14.4. The van der Waals surface area contributed by atoms with E-state index in [0.717, 1.165) is 21.0 Å². The molecule has 0 aliphatic heterocycles. The lowest BCUT2D eigenvalue weighted by Gasteiger charge is -2.33. The van der Waals surface area contributed by atoms with Crippen LogP contribution in [0.2, 0.25) is 0 Å². The van der Waals surface area contributed by atoms with Crippen molar-refractivity contribution >= 4 is 27.5 Å². The topological polar surface area (TPSA) is 96.0 Å². The van der Waals surface area contributed by atoms with Crippen LogP contribution in [0.25, 0.3) is 0 Å². The van der Waals surface area contributed by atoms with Crippen LogP contribution >= 0.6 is 0 Å². The van der Waals surface area contributed by atoms with Gasteiger partial charge in [0.25, 0.3) is 10.0 Å². The molecule has 1 N–H and O–H groups in total. The van der Waals surface area contributed by atoms with Crippen molar-refractivity contribution in [2.75, 3.05) is 25.0 Å². The van der Waals surface area contributed by atoms with Crippen LogP contribution in [-0.2, 0) is 32.6 Å². The van der Waals surface area contributed by atoms with E-state index in [1.165, 1.54) is 11.9 Å². The second kappa shape index (κ2) is 13.3. The molecule has 0 bridgehead atoms. The Balaban J connectivity index is 2.08. The molecule has 0 spiro atoms. The molecular weight excluding hydrogens is 514 g/mol. The summed E-state index contributed by atoms with van der Waals surface area (Å²) in [6, 6.07) is 20.1. The van der Waals surface area contributed by atoms with E-state index in [1.807, 2.05) is 45.0 Å². The summed E-state index contributed by atoms with van der Waals surface area (Å²) in [5.41, 5.74) is 2.94. The molecule has 3 aromatic carbocycles. The standard InChI is InChI=1S/C30H37N3O5S/c1-6-24-10-8-9-11-28(24)33(39(36,37)26-18-12-22(3)13-19-26)21-29(34)32(27(7-2)30(35)31-4)20-23-14-16-25(38-5)17-15-23/h8-19,27H,6-7,20-21H2,1-5H3,(H,31,35). The van der Waals surface area contributed by atoms with E-state index in [-0.39, 0.29) is 17.3 Å². The summed E-state index contributed by atoms with van der Waals surface area (Å²) in [5.74, 6) is -0.134. The lowest BCUT2D eigenvalue weighted by molar-refractivity contribution is -0.140. The van der Waals surface area contributed by atoms with Crippen molar-refractivity contribution in [1.82, 2.24) is 10.2 Å². The molecule has 3 aromatic rings. The number of hydrogen-bond donors (Lipinski definition) is 1. The van der Waals surface area contributed by atoms with Crippen molar-refractivity contribution < 1.29 is 22.7 Å². The number of amides is 2. The third kappa shape index (κ3) is 6.97. The largest absolute Gasteiger partial charge is 0.497 e. The number of aryl methyl sites for hydroxylation is 2. The maximum Gasteiger partial charge on any atom is 0.264 e. The summed E-state index contributed by atoms with van der Waals surface area (Å²) in [7, 11) is -1.01. The van der Waals surface area contributed by atoms with Crippen LogP contribution in [0.4, 0.5) is 5.69 Å². The fourth-order valence-corrected chi connectivity index (χ4v) is 5.87. The molecule has 0 aliphatic carbocycles. The number of para-hydroxylation sites is 1. The summed E-state index contributed by atoms with van der Waals surface area (Å²) in [6.45, 7) is 5.30. The van der Waals surface area contributed by atoms with E-state index in [0.29, 0.717) is 24.3 Å². The van der Waals surface area contributed by atoms with Gasteiger partial charge in [-0.05, 0) is 61.2 Å². The van der Waals surface area contributed by atoms with Crippen molar-refractivity contribution in [3.8, 4) is 5.75 Å². The number of carbonyl (C=O) groups excluding carboxylic acids is 2. The van der Waals surface area contributed by atoms with Gasteiger partial charge in [-0.2, -0.15) is 0 Å². The van der Waals surface area contributed by atoms with Gasteiger partial charge in [0.2, 0.25) is 11.8 Å². The number of nitrogens with zero attached hydrogens (tertiary/aromatic N) is 2. The van der Waals surface area contributed by atoms with Gasteiger partial charge in [0.1, 0.15) is 18.3 Å². The van der Waals surface area contributed by atoms with Gasteiger partial charge < -0.3 is 15.0 Å². The van der Waals surface area contributed by atoms with E-state index in [9.17, 15) is 18.0 Å². The van der Waals surface area contributed by atoms with Crippen molar-refractivity contribution in [3.63, 3.8) is 0 Å². The zero-order valence-electron chi connectivity index (χ0n) is 23.2. The number of methoxy groups -OCH3 is 1. The Morgan fingerprint density at radius 1 is 0.949 bits per heavy atom. The monoisotopic (exact) mass is 551 g/mol. The van der Waals surface area contributed by atoms with E-state index in [2.05, 4.69) is 5.32 Å². The Labute approximate surface area is 231 Å². The molecular formula is C30H37N3O5S. The van der Waals surface area contributed by atoms with Gasteiger partial charge in [-0.1, -0.05) is 61.9 Å². The average Bonchev–Trinajstić information content (AvgIpc) is 2.95. The minimum Gasteiger partial charge on any atom is -0.497 e. The molecule has 0 heterocycles. The summed E-state index contributed by atoms with van der Waals surface area (Å²) < 4.78 is 34.4. The number of benzene rings is 3. The molecule has 0 aromatic heterocycles. The molecule has 0 saturated carbocycles. The lowest BCUT2D eigenvalue weighted by Crippen LogP contribution is -2.51. The highest BCUT2D eigenvalue weighted by Gasteiger charge is 2.34. The van der Waals surface area contributed by atoms with Crippen molar-refractivity contribution in [2.45, 2.75) is 51.1 Å². The Morgan fingerprint density at radius 3 is 2.15 bits per heavy atom. The Kier molecular flexibility index (Phi) is 10.1. The van der Waals surface area contributed by atoms with Crippen LogP contribution in [0.15, 0.2) is 77.7 Å². The van der Waals surface area contributed by atoms with Crippen LogP contribution in [0.5, 0.6) is 5.75 Å². The third-order valence-electron chi connectivity index (χ3n) is 6.67. The van der Waals surface area contributed by atoms with E-state index in [1.54, 1.807) is 55.6 Å². The number of sulfonamides is 1. The molecule has 39 heavy (non-hydrogen) atoms. The highest BCUT2D eigenvalue weighted by Crippen LogP contribution is 2.28. The van der Waals surface area contributed by atoms with E-state index < -0.39 is 28.5 Å². The normalized spacial score (nSPS) is 11.9. The Hall–Kier alpha value is -3.85. The number of rotatable bonds is 12. The molecule has 1 atom stereocenters. The first-order valence-electron chi connectivity index (χ1n) is 13.0. The maximum atomic E-state index is 14.0. The lowest BCUT2D eigenvalue weighted by atomic mass is 10.1. The molecule has 0 saturated heterocycles. The smallest absolute Gasteiger partial charge is 0.264 e. The van der Waals surface area contributed by atoms with Gasteiger partial charge in [0.05, 0.1) is 17.7 Å². The molecule has 1 unspecified atom stereocenters. The summed E-state index contributed by atoms with van der Waals surface area (Å²) in [6.07, 6.45) is 0.938. The molecule has 0 fully saturated rings. The zero-order valence-corrected chi connectivity index (χ0v) is 24.0. The summed E-state index contributed by atoms with van der Waals surface area (Å²) in [4.78, 5) is 28.4. The Bertz CT molecular complexity index is 1370. The number of carbonyl (C=O) groups is 2. The molecule has 2 amide bonds. The zero-order chi connectivity index (χ0) is 28.6. The quantitative estimate of drug-likeness (QED) is 0.362. The number of likely N-dealkylation sites (N-methyl/N-ethyl adjacent to an activating group) is 1. The van der Waals surface area contributed by atoms with Crippen LogP contribution in [0.1, 0.15) is 37.0 Å². The number of hydrogen-bond acceptors (Lipinski definition) is 5. The van der Waals surface area contributed by atoms with Crippen LogP contribution in [0, 0.1) is 6.92 Å². The van der Waals surface area contributed by atoms with Gasteiger partial charge in [0.15, 0.2) is 0 Å². The van der Waals surface area contributed by atoms with E-state index >= 15 is 0 Å². The highest BCUT2D eigenvalue weighted by molar-refractivity contribution is 7.92. The van der Waals surface area contributed by atoms with Crippen molar-refractivity contribution in [1.29, 1.82) is 0 Å². The Morgan fingerprint density at radius 2 is 1.59 bits per heavy atom. The van der Waals surface area contributed by atoms with Gasteiger partial charge in [0, 0.05) is 13.6 Å². The molecule has 9 heteroatoms. The van der Waals surface area contributed by atoms with Crippen LogP contribution < -0.4 is 14.4 Å². The first-order chi connectivity index (χ1) is 18.7. The van der Waals surface area contributed by atoms with E-state index in [4.69, 9.17) is 4.74 Å². The molecule has 0 radical (unpaired) electrons. The molecule has 8 nitrogen and oxygen atoms in total. The SMILES string of the molecule is CCc1ccccc1N(CC(=O)N(Cc1ccc(OC)cc1)C(CC)C(=O)NC)S(=O)(=O)c1ccc(C)cc1. The fourth-order valence-electron chi connectivity index (χ4n) is 4.42. The highest BCUT2D eigenvalue weighted by atomic mass is 32.2. The van der Waals surface area contributed by atoms with Crippen molar-refractivity contribution in [3.05, 3.63) is 89.5 Å². The molecule has 208 valence electrons. The summed E-state index contributed by atoms with van der Waals surface area (Å²) >= 11 is 0. The minimum absolute atomic E-state index is 0.0897. The predicted octanol–water partition coefficient (Wildman–Crippen LogP) is 4.31. The van der Waals surface area contributed by atoms with Gasteiger partial charge in [-0.3, -0.25) is 13.9 Å². The number of nitrogens with one attached hydrogen (secondary N) is 1. The predicted molar refractivity (Wildman–Crippen MR) is 153 cm³/mol. The second-order valence-corrected chi connectivity index (χ2v) is 11.1. The van der Waals surface area contributed by atoms with Crippen molar-refractivity contribution in [2.24, 2.45) is 0 Å². The molecule has 3 rings (SSSR count). The van der Waals surface area contributed by atoms with Crippen LogP contribution in [-0.4, -0.2) is 51.9 Å². The van der Waals surface area contributed by atoms with Gasteiger partial charge >= 0.3 is 0 Å². The first kappa shape index (κ1) is 29.7. The number of anilines is 1. The van der Waals surface area contributed by atoms with Crippen LogP contribution in [0.3, 0.4) is 0 Å². The fraction of sp³-hybridized carbons (Fsp3) is 0.333. The number of ether oxygens (including phenoxy) is 1. The van der Waals surface area contributed by atoms with Gasteiger partial charge in [-0.15, -0.1) is 0 Å².